The monoisotopic (exact) mass is 641 g/mol. The van der Waals surface area contributed by atoms with Crippen molar-refractivity contribution in [3.8, 4) is 11.5 Å². The Morgan fingerprint density at radius 2 is 1.96 bits per heavy atom. The Balaban J connectivity index is 1.06. The van der Waals surface area contributed by atoms with Crippen LogP contribution in [0, 0.1) is 0 Å². The summed E-state index contributed by atoms with van der Waals surface area (Å²) in [5, 5.41) is 14.6. The van der Waals surface area contributed by atoms with E-state index in [2.05, 4.69) is 30.5 Å². The Kier molecular flexibility index (Phi) is 7.08. The largest absolute Gasteiger partial charge is 0.478 e. The molecule has 0 radical (unpaired) electrons. The van der Waals surface area contributed by atoms with Crippen LogP contribution in [0.3, 0.4) is 0 Å². The fourth-order valence-corrected chi connectivity index (χ4v) is 6.93. The van der Waals surface area contributed by atoms with Crippen molar-refractivity contribution in [2.75, 3.05) is 31.2 Å². The van der Waals surface area contributed by atoms with E-state index in [1.807, 2.05) is 42.1 Å². The Hall–Kier alpha value is -4.65. The van der Waals surface area contributed by atoms with Crippen molar-refractivity contribution in [3.63, 3.8) is 0 Å². The molecule has 12 nitrogen and oxygen atoms in total. The van der Waals surface area contributed by atoms with Crippen LogP contribution < -0.4 is 14.4 Å². The summed E-state index contributed by atoms with van der Waals surface area (Å²) in [6, 6.07) is 16.8. The van der Waals surface area contributed by atoms with Gasteiger partial charge in [-0.25, -0.2) is 9.78 Å². The average Bonchev–Trinajstić information content (AvgIpc) is 3.86. The van der Waals surface area contributed by atoms with Crippen LogP contribution in [-0.2, 0) is 30.2 Å². The van der Waals surface area contributed by atoms with E-state index in [-0.39, 0.29) is 17.6 Å². The lowest BCUT2D eigenvalue weighted by molar-refractivity contribution is -0.0716. The van der Waals surface area contributed by atoms with Crippen LogP contribution in [-0.4, -0.2) is 78.7 Å². The molecule has 6 heterocycles. The van der Waals surface area contributed by atoms with Gasteiger partial charge in [0.25, 0.3) is 5.79 Å². The number of nitrogens with zero attached hydrogens (tertiary/aromatic N) is 7. The van der Waals surface area contributed by atoms with Gasteiger partial charge in [-0.3, -0.25) is 14.6 Å². The SMILES string of the molecule is C[C@@]1(c2ccc(Cl)cn2)Oc2cccc(N3CCN(Cc4nc5ccc(C(=O)O)cc5n4CCn4cccn4)[C@@H]4COC[C@@H]43)c2O1. The Morgan fingerprint density at radius 1 is 1.07 bits per heavy atom. The van der Waals surface area contributed by atoms with Gasteiger partial charge < -0.3 is 28.8 Å². The molecule has 236 valence electrons. The second-order valence-electron chi connectivity index (χ2n) is 11.9. The number of piperazine rings is 1. The normalized spacial score (nSPS) is 22.4. The summed E-state index contributed by atoms with van der Waals surface area (Å²) in [6.45, 7) is 6.40. The minimum Gasteiger partial charge on any atom is -0.478 e. The van der Waals surface area contributed by atoms with E-state index in [1.165, 1.54) is 0 Å². The number of para-hydroxylation sites is 1. The van der Waals surface area contributed by atoms with Crippen LogP contribution in [0.4, 0.5) is 5.69 Å². The minimum absolute atomic E-state index is 0.0879. The van der Waals surface area contributed by atoms with Gasteiger partial charge in [0.2, 0.25) is 0 Å². The lowest BCUT2D eigenvalue weighted by atomic mass is 10.0. The predicted molar refractivity (Wildman–Crippen MR) is 169 cm³/mol. The van der Waals surface area contributed by atoms with Crippen LogP contribution in [0.2, 0.25) is 5.02 Å². The van der Waals surface area contributed by atoms with Gasteiger partial charge in [0, 0.05) is 45.1 Å². The first-order valence-electron chi connectivity index (χ1n) is 15.3. The number of benzene rings is 2. The number of carbonyl (C=O) groups is 1. The van der Waals surface area contributed by atoms with Crippen molar-refractivity contribution in [2.24, 2.45) is 0 Å². The number of aromatic carboxylic acids is 1. The third-order valence-electron chi connectivity index (χ3n) is 9.11. The van der Waals surface area contributed by atoms with E-state index >= 15 is 0 Å². The van der Waals surface area contributed by atoms with Gasteiger partial charge in [-0.1, -0.05) is 17.7 Å². The number of hydrogen-bond acceptors (Lipinski definition) is 9. The molecule has 46 heavy (non-hydrogen) atoms. The number of rotatable bonds is 8. The highest BCUT2D eigenvalue weighted by molar-refractivity contribution is 6.30. The van der Waals surface area contributed by atoms with Crippen molar-refractivity contribution in [2.45, 2.75) is 44.4 Å². The summed E-state index contributed by atoms with van der Waals surface area (Å²) >= 11 is 6.08. The van der Waals surface area contributed by atoms with E-state index in [4.69, 9.17) is 30.8 Å². The quantitative estimate of drug-likeness (QED) is 0.261. The van der Waals surface area contributed by atoms with E-state index in [1.54, 1.807) is 36.7 Å². The van der Waals surface area contributed by atoms with E-state index < -0.39 is 11.8 Å². The molecular formula is C33H32ClN7O5. The summed E-state index contributed by atoms with van der Waals surface area (Å²) in [5.74, 6) is 0.202. The first-order valence-corrected chi connectivity index (χ1v) is 15.7. The summed E-state index contributed by atoms with van der Waals surface area (Å²) < 4.78 is 22.9. The number of ether oxygens (including phenoxy) is 3. The van der Waals surface area contributed by atoms with Gasteiger partial charge in [-0.15, -0.1) is 0 Å². The maximum absolute atomic E-state index is 11.8. The van der Waals surface area contributed by atoms with Crippen LogP contribution in [0.5, 0.6) is 11.5 Å². The number of carboxylic acid groups (broad SMARTS) is 1. The van der Waals surface area contributed by atoms with Crippen molar-refractivity contribution < 1.29 is 24.1 Å². The molecule has 0 bridgehead atoms. The molecule has 0 unspecified atom stereocenters. The van der Waals surface area contributed by atoms with Gasteiger partial charge in [0.15, 0.2) is 11.5 Å². The predicted octanol–water partition coefficient (Wildman–Crippen LogP) is 4.41. The van der Waals surface area contributed by atoms with E-state index in [0.717, 1.165) is 35.6 Å². The van der Waals surface area contributed by atoms with E-state index in [0.29, 0.717) is 55.1 Å². The highest BCUT2D eigenvalue weighted by atomic mass is 35.5. The van der Waals surface area contributed by atoms with Gasteiger partial charge in [0.1, 0.15) is 11.5 Å². The Morgan fingerprint density at radius 3 is 2.76 bits per heavy atom. The first kappa shape index (κ1) is 28.8. The lowest BCUT2D eigenvalue weighted by Gasteiger charge is -2.44. The second-order valence-corrected chi connectivity index (χ2v) is 12.3. The van der Waals surface area contributed by atoms with Crippen molar-refractivity contribution in [3.05, 3.63) is 95.3 Å². The molecule has 0 amide bonds. The standard InChI is InChI=1S/C33H32ClN7O5/c1-33(29-9-7-22(34)17-35-29)45-28-5-2-4-24(31(28)46-33)40-14-12-38(26-19-44-20-27(26)40)18-30-37-23-8-6-21(32(42)43)16-25(23)41(30)15-13-39-11-3-10-36-39/h2-11,16-17,26-27H,12-15,18-20H2,1H3,(H,42,43)/t26-,27+,33-/m1/s1. The zero-order chi connectivity index (χ0) is 31.4. The molecule has 2 fully saturated rings. The molecule has 8 rings (SSSR count). The topological polar surface area (TPSA) is 120 Å². The van der Waals surface area contributed by atoms with Crippen LogP contribution >= 0.6 is 11.6 Å². The minimum atomic E-state index is -1.08. The van der Waals surface area contributed by atoms with Crippen molar-refractivity contribution in [1.82, 2.24) is 29.2 Å². The fourth-order valence-electron chi connectivity index (χ4n) is 6.82. The number of pyridine rings is 1. The average molecular weight is 642 g/mol. The number of carboxylic acids is 1. The highest BCUT2D eigenvalue weighted by Gasteiger charge is 2.46. The highest BCUT2D eigenvalue weighted by Crippen LogP contribution is 2.50. The third-order valence-corrected chi connectivity index (χ3v) is 9.33. The molecule has 3 atom stereocenters. The molecule has 0 saturated carbocycles. The molecule has 0 spiro atoms. The Labute approximate surface area is 269 Å². The molecule has 0 aliphatic carbocycles. The zero-order valence-electron chi connectivity index (χ0n) is 25.1. The van der Waals surface area contributed by atoms with E-state index in [9.17, 15) is 9.90 Å². The molecule has 2 aromatic carbocycles. The van der Waals surface area contributed by atoms with Crippen LogP contribution in [0.15, 0.2) is 73.2 Å². The number of aryl methyl sites for hydroxylation is 2. The molecule has 3 aromatic heterocycles. The zero-order valence-corrected chi connectivity index (χ0v) is 25.9. The maximum atomic E-state index is 11.8. The van der Waals surface area contributed by atoms with Gasteiger partial charge in [-0.2, -0.15) is 5.10 Å². The number of anilines is 1. The molecule has 3 aliphatic rings. The van der Waals surface area contributed by atoms with Crippen molar-refractivity contribution >= 4 is 34.3 Å². The maximum Gasteiger partial charge on any atom is 0.335 e. The number of aromatic nitrogens is 5. The summed E-state index contributed by atoms with van der Waals surface area (Å²) in [7, 11) is 0. The van der Waals surface area contributed by atoms with Crippen LogP contribution in [0.1, 0.15) is 28.8 Å². The molecule has 5 aromatic rings. The van der Waals surface area contributed by atoms with Gasteiger partial charge >= 0.3 is 5.97 Å². The first-order chi connectivity index (χ1) is 22.4. The smallest absolute Gasteiger partial charge is 0.335 e. The summed E-state index contributed by atoms with van der Waals surface area (Å²) in [5.41, 5.74) is 3.41. The summed E-state index contributed by atoms with van der Waals surface area (Å²) in [6.07, 6.45) is 5.27. The number of imidazole rings is 1. The van der Waals surface area contributed by atoms with Crippen LogP contribution in [0.25, 0.3) is 11.0 Å². The molecular weight excluding hydrogens is 610 g/mol. The molecule has 2 saturated heterocycles. The lowest BCUT2D eigenvalue weighted by Crippen LogP contribution is -2.59. The number of halogens is 1. The Bertz CT molecular complexity index is 1910. The van der Waals surface area contributed by atoms with Gasteiger partial charge in [-0.05, 0) is 48.5 Å². The number of hydrogen-bond donors (Lipinski definition) is 1. The fraction of sp³-hybridized carbons (Fsp3) is 0.333. The molecule has 13 heteroatoms. The second kappa shape index (κ2) is 11.3. The molecule has 3 aliphatic heterocycles. The third kappa shape index (κ3) is 5.02. The number of fused-ring (bicyclic) bond motifs is 3. The van der Waals surface area contributed by atoms with Crippen molar-refractivity contribution in [1.29, 1.82) is 0 Å². The van der Waals surface area contributed by atoms with Gasteiger partial charge in [0.05, 0.1) is 65.7 Å². The summed E-state index contributed by atoms with van der Waals surface area (Å²) in [4.78, 5) is 26.0. The molecule has 1 N–H and O–H groups in total.